The molecule has 2 aromatic rings. The van der Waals surface area contributed by atoms with Crippen LogP contribution in [0.15, 0.2) is 59.5 Å². The fourth-order valence-electron chi connectivity index (χ4n) is 1.94. The Bertz CT molecular complexity index is 633. The van der Waals surface area contributed by atoms with Crippen LogP contribution in [0, 0.1) is 0 Å². The average Bonchev–Trinajstić information content (AvgIpc) is 2.54. The predicted octanol–water partition coefficient (Wildman–Crippen LogP) is 4.70. The first-order valence-electron chi connectivity index (χ1n) is 6.83. The molecular weight excluding hydrogens is 280 g/mol. The second-order valence-corrected chi connectivity index (χ2v) is 5.25. The molecule has 0 heterocycles. The van der Waals surface area contributed by atoms with Gasteiger partial charge in [0.25, 0.3) is 0 Å². The molecule has 0 aliphatic rings. The van der Waals surface area contributed by atoms with Crippen molar-refractivity contribution < 1.29 is 9.53 Å². The summed E-state index contributed by atoms with van der Waals surface area (Å²) in [5.74, 6) is 0.863. The number of allylic oxidation sites excluding steroid dienone is 1. The molecule has 2 aromatic carbocycles. The van der Waals surface area contributed by atoms with E-state index in [2.05, 4.69) is 0 Å². The second-order valence-electron chi connectivity index (χ2n) is 4.41. The second kappa shape index (κ2) is 7.70. The molecule has 0 fully saturated rings. The van der Waals surface area contributed by atoms with E-state index in [-0.39, 0.29) is 5.78 Å². The van der Waals surface area contributed by atoms with Gasteiger partial charge in [0.1, 0.15) is 5.75 Å². The molecule has 21 heavy (non-hydrogen) atoms. The molecule has 2 rings (SSSR count). The van der Waals surface area contributed by atoms with Crippen molar-refractivity contribution in [3.63, 3.8) is 0 Å². The zero-order valence-electron chi connectivity index (χ0n) is 12.2. The van der Waals surface area contributed by atoms with Crippen LogP contribution in [0.4, 0.5) is 0 Å². The van der Waals surface area contributed by atoms with Crippen molar-refractivity contribution in [2.45, 2.75) is 11.8 Å². The third-order valence-electron chi connectivity index (χ3n) is 2.97. The molecule has 0 bridgehead atoms. The highest BCUT2D eigenvalue weighted by Gasteiger charge is 2.04. The maximum Gasteiger partial charge on any atom is 0.185 e. The van der Waals surface area contributed by atoms with E-state index in [1.165, 1.54) is 0 Å². The summed E-state index contributed by atoms with van der Waals surface area (Å²) < 4.78 is 5.62. The number of hydrogen-bond acceptors (Lipinski definition) is 3. The number of ether oxygens (including phenoxy) is 1. The SMILES string of the molecule is CCOc1cc(C=CC(=O)c2ccccc2)ccc1SC. The molecule has 0 aliphatic heterocycles. The third kappa shape index (κ3) is 4.23. The Labute approximate surface area is 129 Å². The zero-order valence-corrected chi connectivity index (χ0v) is 13.0. The van der Waals surface area contributed by atoms with E-state index in [0.29, 0.717) is 12.2 Å². The molecule has 0 atom stereocenters. The maximum absolute atomic E-state index is 12.0. The Morgan fingerprint density at radius 3 is 2.62 bits per heavy atom. The number of benzene rings is 2. The van der Waals surface area contributed by atoms with E-state index in [0.717, 1.165) is 16.2 Å². The van der Waals surface area contributed by atoms with Crippen LogP contribution in [-0.4, -0.2) is 18.6 Å². The number of carbonyl (C=O) groups is 1. The topological polar surface area (TPSA) is 26.3 Å². The first kappa shape index (κ1) is 15.4. The molecule has 0 spiro atoms. The zero-order chi connectivity index (χ0) is 15.1. The normalized spacial score (nSPS) is 10.8. The molecular formula is C18H18O2S. The van der Waals surface area contributed by atoms with E-state index in [4.69, 9.17) is 4.74 Å². The fraction of sp³-hybridized carbons (Fsp3) is 0.167. The summed E-state index contributed by atoms with van der Waals surface area (Å²) >= 11 is 1.65. The molecule has 0 aromatic heterocycles. The fourth-order valence-corrected chi connectivity index (χ4v) is 2.46. The summed E-state index contributed by atoms with van der Waals surface area (Å²) in [6.07, 6.45) is 5.44. The summed E-state index contributed by atoms with van der Waals surface area (Å²) in [5.41, 5.74) is 1.65. The highest BCUT2D eigenvalue weighted by molar-refractivity contribution is 7.98. The Kier molecular flexibility index (Phi) is 5.64. The lowest BCUT2D eigenvalue weighted by Crippen LogP contribution is -1.94. The standard InChI is InChI=1S/C18H18O2S/c1-3-20-17-13-14(10-12-18(17)21-2)9-11-16(19)15-7-5-4-6-8-15/h4-13H,3H2,1-2H3. The van der Waals surface area contributed by atoms with Crippen molar-refractivity contribution in [3.8, 4) is 5.75 Å². The van der Waals surface area contributed by atoms with Crippen molar-refractivity contribution in [1.29, 1.82) is 0 Å². The van der Waals surface area contributed by atoms with E-state index < -0.39 is 0 Å². The van der Waals surface area contributed by atoms with E-state index in [9.17, 15) is 4.79 Å². The number of thioether (sulfide) groups is 1. The van der Waals surface area contributed by atoms with Gasteiger partial charge in [0, 0.05) is 10.5 Å². The summed E-state index contributed by atoms with van der Waals surface area (Å²) in [5, 5.41) is 0. The maximum atomic E-state index is 12.0. The quantitative estimate of drug-likeness (QED) is 0.439. The molecule has 0 amide bonds. The Hall–Kier alpha value is -2.00. The van der Waals surface area contributed by atoms with Crippen molar-refractivity contribution in [3.05, 3.63) is 65.7 Å². The van der Waals surface area contributed by atoms with Crippen molar-refractivity contribution in [2.75, 3.05) is 12.9 Å². The minimum absolute atomic E-state index is 0.00232. The molecule has 0 radical (unpaired) electrons. The summed E-state index contributed by atoms with van der Waals surface area (Å²) in [6, 6.07) is 15.2. The van der Waals surface area contributed by atoms with Gasteiger partial charge in [-0.25, -0.2) is 0 Å². The first-order valence-corrected chi connectivity index (χ1v) is 8.05. The van der Waals surface area contributed by atoms with Crippen LogP contribution in [-0.2, 0) is 0 Å². The molecule has 0 N–H and O–H groups in total. The molecule has 108 valence electrons. The van der Waals surface area contributed by atoms with Crippen molar-refractivity contribution in [1.82, 2.24) is 0 Å². The van der Waals surface area contributed by atoms with Crippen LogP contribution in [0.2, 0.25) is 0 Å². The number of hydrogen-bond donors (Lipinski definition) is 0. The smallest absolute Gasteiger partial charge is 0.185 e. The van der Waals surface area contributed by atoms with Crippen LogP contribution >= 0.6 is 11.8 Å². The van der Waals surface area contributed by atoms with Gasteiger partial charge in [-0.2, -0.15) is 0 Å². The first-order chi connectivity index (χ1) is 10.2. The van der Waals surface area contributed by atoms with Crippen molar-refractivity contribution in [2.24, 2.45) is 0 Å². The highest BCUT2D eigenvalue weighted by atomic mass is 32.2. The highest BCUT2D eigenvalue weighted by Crippen LogP contribution is 2.29. The van der Waals surface area contributed by atoms with Gasteiger partial charge >= 0.3 is 0 Å². The average molecular weight is 298 g/mol. The van der Waals surface area contributed by atoms with Gasteiger partial charge < -0.3 is 4.74 Å². The predicted molar refractivity (Wildman–Crippen MR) is 89.2 cm³/mol. The van der Waals surface area contributed by atoms with Gasteiger partial charge in [-0.1, -0.05) is 42.5 Å². The van der Waals surface area contributed by atoms with Crippen LogP contribution < -0.4 is 4.74 Å². The van der Waals surface area contributed by atoms with Crippen LogP contribution in [0.1, 0.15) is 22.8 Å². The van der Waals surface area contributed by atoms with E-state index >= 15 is 0 Å². The Morgan fingerprint density at radius 2 is 1.95 bits per heavy atom. The van der Waals surface area contributed by atoms with Gasteiger partial charge in [0.2, 0.25) is 0 Å². The largest absolute Gasteiger partial charge is 0.493 e. The van der Waals surface area contributed by atoms with Crippen LogP contribution in [0.25, 0.3) is 6.08 Å². The Morgan fingerprint density at radius 1 is 1.19 bits per heavy atom. The van der Waals surface area contributed by atoms with Gasteiger partial charge in [0.05, 0.1) is 6.61 Å². The Balaban J connectivity index is 2.17. The lowest BCUT2D eigenvalue weighted by atomic mass is 10.1. The monoisotopic (exact) mass is 298 g/mol. The molecule has 0 saturated heterocycles. The van der Waals surface area contributed by atoms with Gasteiger partial charge in [-0.3, -0.25) is 4.79 Å². The summed E-state index contributed by atoms with van der Waals surface area (Å²) in [6.45, 7) is 2.59. The van der Waals surface area contributed by atoms with Gasteiger partial charge in [0.15, 0.2) is 5.78 Å². The lowest BCUT2D eigenvalue weighted by molar-refractivity contribution is 0.104. The van der Waals surface area contributed by atoms with Gasteiger partial charge in [-0.15, -0.1) is 11.8 Å². The number of ketones is 1. The van der Waals surface area contributed by atoms with Crippen LogP contribution in [0.5, 0.6) is 5.75 Å². The van der Waals surface area contributed by atoms with Gasteiger partial charge in [-0.05, 0) is 37.0 Å². The third-order valence-corrected chi connectivity index (χ3v) is 3.75. The van der Waals surface area contributed by atoms with Crippen molar-refractivity contribution >= 4 is 23.6 Å². The molecule has 0 aliphatic carbocycles. The molecule has 2 nitrogen and oxygen atoms in total. The molecule has 0 unspecified atom stereocenters. The minimum atomic E-state index is 0.00232. The van der Waals surface area contributed by atoms with E-state index in [1.54, 1.807) is 17.8 Å². The number of carbonyl (C=O) groups excluding carboxylic acids is 1. The molecule has 0 saturated carbocycles. The minimum Gasteiger partial charge on any atom is -0.493 e. The number of rotatable bonds is 6. The summed E-state index contributed by atoms with van der Waals surface area (Å²) in [4.78, 5) is 13.1. The van der Waals surface area contributed by atoms with E-state index in [1.807, 2.05) is 67.8 Å². The molecule has 3 heteroatoms. The lowest BCUT2D eigenvalue weighted by Gasteiger charge is -2.08. The summed E-state index contributed by atoms with van der Waals surface area (Å²) in [7, 11) is 0. The van der Waals surface area contributed by atoms with Crippen LogP contribution in [0.3, 0.4) is 0 Å².